The summed E-state index contributed by atoms with van der Waals surface area (Å²) in [6, 6.07) is 21.0. The molecule has 6 rings (SSSR count). The van der Waals surface area contributed by atoms with E-state index < -0.39 is 23.7 Å². The Morgan fingerprint density at radius 3 is 2.25 bits per heavy atom. The van der Waals surface area contributed by atoms with E-state index in [1.807, 2.05) is 24.3 Å². The van der Waals surface area contributed by atoms with Gasteiger partial charge in [-0.15, -0.1) is 0 Å². The number of carbonyl (C=O) groups excluding carboxylic acids is 3. The minimum atomic E-state index is -1.34. The number of hydrogen-bond donors (Lipinski definition) is 4. The zero-order valence-electron chi connectivity index (χ0n) is 29.1. The van der Waals surface area contributed by atoms with Gasteiger partial charge in [-0.25, -0.2) is 9.16 Å². The van der Waals surface area contributed by atoms with Crippen LogP contribution in [0.1, 0.15) is 78.2 Å². The molecular weight excluding hydrogens is 681 g/mol. The highest BCUT2D eigenvalue weighted by Gasteiger charge is 2.53. The Labute approximate surface area is 305 Å². The monoisotopic (exact) mass is 720 g/mol. The number of ether oxygens (including phenoxy) is 2. The molecule has 0 saturated heterocycles. The van der Waals surface area contributed by atoms with E-state index in [9.17, 15) is 24.6 Å². The van der Waals surface area contributed by atoms with Crippen LogP contribution in [0.3, 0.4) is 0 Å². The maximum atomic E-state index is 13.3. The number of rotatable bonds is 11. The van der Waals surface area contributed by atoms with Gasteiger partial charge in [0.1, 0.15) is 29.3 Å². The molecule has 0 fully saturated rings. The van der Waals surface area contributed by atoms with Crippen LogP contribution in [0.2, 0.25) is 0 Å². The number of esters is 1. The molecule has 0 aromatic heterocycles. The third kappa shape index (κ3) is 7.55. The number of nitrogens with one attached hydrogen (secondary N) is 1. The summed E-state index contributed by atoms with van der Waals surface area (Å²) in [5.41, 5.74) is 9.41. The summed E-state index contributed by atoms with van der Waals surface area (Å²) in [4.78, 5) is 41.9. The summed E-state index contributed by atoms with van der Waals surface area (Å²) < 4.78 is 16.4. The van der Waals surface area contributed by atoms with Crippen LogP contribution >= 0.6 is 0 Å². The normalized spacial score (nSPS) is 14.7. The van der Waals surface area contributed by atoms with Crippen molar-refractivity contribution in [1.29, 1.82) is 0 Å². The van der Waals surface area contributed by atoms with Crippen molar-refractivity contribution in [1.82, 2.24) is 5.32 Å². The molecule has 4 aromatic carbocycles. The fourth-order valence-electron chi connectivity index (χ4n) is 6.40. The molecule has 2 aliphatic heterocycles. The molecule has 1 spiro atoms. The number of isothiocyanates is 1. The highest BCUT2D eigenvalue weighted by molar-refractivity contribution is 7.66. The second-order valence-corrected chi connectivity index (χ2v) is 14.5. The Bertz CT molecular complexity index is 2080. The van der Waals surface area contributed by atoms with Crippen LogP contribution in [-0.2, 0) is 42.9 Å². The fraction of sp³-hybridized carbons (Fsp3) is 0.300. The van der Waals surface area contributed by atoms with Gasteiger partial charge < -0.3 is 35.5 Å². The number of fused-ring (bicyclic) bond motifs is 6. The average Bonchev–Trinajstić information content (AvgIpc) is 3.39. The van der Waals surface area contributed by atoms with Crippen molar-refractivity contribution in [2.24, 2.45) is 15.1 Å². The van der Waals surface area contributed by atoms with E-state index in [1.165, 1.54) is 29.8 Å². The number of nitrogens with zero attached hydrogens (tertiary/aromatic N) is 2. The van der Waals surface area contributed by atoms with E-state index in [2.05, 4.69) is 40.6 Å². The lowest BCUT2D eigenvalue weighted by atomic mass is 9.77. The summed E-state index contributed by atoms with van der Waals surface area (Å²) in [6.07, 6.45) is 2.95. The minimum Gasteiger partial charge on any atom is -0.508 e. The van der Waals surface area contributed by atoms with Gasteiger partial charge in [0.25, 0.3) is 0 Å². The van der Waals surface area contributed by atoms with Gasteiger partial charge in [-0.3, -0.25) is 4.79 Å². The first-order chi connectivity index (χ1) is 24.9. The number of phenols is 2. The van der Waals surface area contributed by atoms with Gasteiger partial charge in [0.15, 0.2) is 5.60 Å². The predicted octanol–water partition coefficient (Wildman–Crippen LogP) is 6.19. The van der Waals surface area contributed by atoms with Crippen LogP contribution in [0.25, 0.3) is 0 Å². The zero-order valence-corrected chi connectivity index (χ0v) is 29.9. The fourth-order valence-corrected chi connectivity index (χ4v) is 6.82. The van der Waals surface area contributed by atoms with Crippen molar-refractivity contribution in [2.45, 2.75) is 69.6 Å². The Morgan fingerprint density at radius 2 is 1.62 bits per heavy atom. The molecule has 5 N–H and O–H groups in total. The number of carbonyl (C=O) groups is 3. The molecule has 1 amide bonds. The summed E-state index contributed by atoms with van der Waals surface area (Å²) in [5, 5.41) is 25.8. The Balaban J connectivity index is 1.04. The predicted molar refractivity (Wildman–Crippen MR) is 198 cm³/mol. The standard InChI is InChI=1S/C40H40N4O7S/c1-39(2,3)25-9-7-24(8-10-25)18-27(22-45)44-37(48)34(41)6-4-5-17-43-52-23-42-26-11-14-31-30(19-26)38(49)51-40(31)32-15-12-28(46)20-35(32)50-36-21-29(47)13-16-33(36)40/h7-16,19-22,27,34,46-47H,4-6,17-18,41H2,1-3H3,(H,44,48)/t27-,34?/m0/s1. The molecule has 0 aliphatic carbocycles. The Morgan fingerprint density at radius 1 is 0.962 bits per heavy atom. The summed E-state index contributed by atoms with van der Waals surface area (Å²) in [5.74, 6) is -0.341. The van der Waals surface area contributed by atoms with E-state index in [4.69, 9.17) is 15.2 Å². The van der Waals surface area contributed by atoms with Crippen molar-refractivity contribution in [2.75, 3.05) is 6.54 Å². The SMILES string of the molecule is CC(C)(C)c1ccc(C[C@@H](C=O)NC(=O)C(N)CCCCN=S=C=Nc2ccc3c(c2)C(=O)OC32c3ccc(O)cc3Oc3cc(O)ccc32)cc1. The third-order valence-corrected chi connectivity index (χ3v) is 9.64. The highest BCUT2D eigenvalue weighted by atomic mass is 32.1. The van der Waals surface area contributed by atoms with Gasteiger partial charge in [-0.1, -0.05) is 51.1 Å². The van der Waals surface area contributed by atoms with Gasteiger partial charge in [0.2, 0.25) is 5.91 Å². The summed E-state index contributed by atoms with van der Waals surface area (Å²) in [7, 11) is 0. The lowest BCUT2D eigenvalue weighted by Gasteiger charge is -2.36. The molecule has 12 heteroatoms. The first-order valence-electron chi connectivity index (χ1n) is 17.0. The lowest BCUT2D eigenvalue weighted by molar-refractivity contribution is -0.125. The molecule has 4 aromatic rings. The Hall–Kier alpha value is -5.55. The first-order valence-corrected chi connectivity index (χ1v) is 17.8. The maximum Gasteiger partial charge on any atom is 0.340 e. The van der Waals surface area contributed by atoms with Crippen LogP contribution in [0.5, 0.6) is 23.0 Å². The van der Waals surface area contributed by atoms with E-state index in [-0.39, 0.29) is 22.8 Å². The smallest absolute Gasteiger partial charge is 0.340 e. The van der Waals surface area contributed by atoms with E-state index in [0.717, 1.165) is 23.0 Å². The number of aromatic hydroxyl groups is 2. The average molecular weight is 721 g/mol. The second kappa shape index (κ2) is 15.0. The van der Waals surface area contributed by atoms with E-state index in [1.54, 1.807) is 30.3 Å². The molecule has 11 nitrogen and oxygen atoms in total. The van der Waals surface area contributed by atoms with Crippen molar-refractivity contribution in [3.63, 3.8) is 0 Å². The molecule has 2 atom stereocenters. The molecule has 0 radical (unpaired) electrons. The number of aliphatic imine (C=N–C) groups is 1. The summed E-state index contributed by atoms with van der Waals surface area (Å²) >= 11 is 1.05. The van der Waals surface area contributed by atoms with Crippen molar-refractivity contribution in [3.05, 3.63) is 112 Å². The molecule has 0 saturated carbocycles. The van der Waals surface area contributed by atoms with Gasteiger partial charge in [0, 0.05) is 40.0 Å². The molecule has 268 valence electrons. The molecule has 0 bridgehead atoms. The zero-order chi connectivity index (χ0) is 37.0. The van der Waals surface area contributed by atoms with Crippen LogP contribution < -0.4 is 15.8 Å². The largest absolute Gasteiger partial charge is 0.508 e. The van der Waals surface area contributed by atoms with Crippen molar-refractivity contribution >= 4 is 40.2 Å². The second-order valence-electron chi connectivity index (χ2n) is 13.9. The lowest BCUT2D eigenvalue weighted by Crippen LogP contribution is -2.46. The van der Waals surface area contributed by atoms with Crippen molar-refractivity contribution < 1.29 is 34.1 Å². The van der Waals surface area contributed by atoms with Crippen LogP contribution in [0, 0.1) is 0 Å². The van der Waals surface area contributed by atoms with Crippen molar-refractivity contribution in [3.8, 4) is 23.0 Å². The van der Waals surface area contributed by atoms with Crippen LogP contribution in [0.15, 0.2) is 88.2 Å². The number of aldehydes is 1. The minimum absolute atomic E-state index is 0.0186. The van der Waals surface area contributed by atoms with Crippen LogP contribution in [0.4, 0.5) is 5.69 Å². The number of phenolic OH excluding ortho intramolecular Hbond substituents is 2. The molecule has 52 heavy (non-hydrogen) atoms. The Kier molecular flexibility index (Phi) is 10.4. The van der Waals surface area contributed by atoms with Gasteiger partial charge in [0.05, 0.1) is 35.0 Å². The number of nitrogens with two attached hydrogens (primary N) is 1. The topological polar surface area (TPSA) is 173 Å². The highest BCUT2D eigenvalue weighted by Crippen LogP contribution is 2.57. The van der Waals surface area contributed by atoms with Crippen LogP contribution in [-0.4, -0.2) is 52.2 Å². The third-order valence-electron chi connectivity index (χ3n) is 9.16. The van der Waals surface area contributed by atoms with E-state index >= 15 is 0 Å². The van der Waals surface area contributed by atoms with Gasteiger partial charge in [-0.2, -0.15) is 4.99 Å². The number of unbranched alkanes of at least 4 members (excludes halogenated alkanes) is 1. The molecular formula is C40H40N4O7S. The quantitative estimate of drug-likeness (QED) is 0.0467. The number of amides is 1. The van der Waals surface area contributed by atoms with Gasteiger partial charge in [-0.05, 0) is 78.6 Å². The summed E-state index contributed by atoms with van der Waals surface area (Å²) in [6.45, 7) is 6.91. The first kappa shape index (κ1) is 36.2. The number of benzene rings is 4. The molecule has 2 aliphatic rings. The molecule has 2 heterocycles. The number of hydrogen-bond acceptors (Lipinski definition) is 10. The van der Waals surface area contributed by atoms with Gasteiger partial charge >= 0.3 is 5.97 Å². The van der Waals surface area contributed by atoms with E-state index in [0.29, 0.717) is 71.7 Å². The maximum absolute atomic E-state index is 13.3. The molecule has 1 unspecified atom stereocenters.